The highest BCUT2D eigenvalue weighted by molar-refractivity contribution is 7.84. The summed E-state index contributed by atoms with van der Waals surface area (Å²) in [6.07, 6.45) is 2.92. The maximum absolute atomic E-state index is 11.0. The number of nitrogens with zero attached hydrogens (tertiary/aromatic N) is 4. The predicted molar refractivity (Wildman–Crippen MR) is 106 cm³/mol. The standard InChI is InChI=1S/C18H16N6O6S/c1-2-10-4-3-5-11(6-10)23-16-13-17(21-8-20-16)24(9-22-13)18-15(26)14(25)12(30-18)7-29-31(19,27)28/h1,5-6,8-9,12,14-15,18,25-26H,7H2,(H2,19,27,28)(H,20,21,23)/t12-,14-,15-,18-/m1/s1. The molecule has 1 fully saturated rings. The van der Waals surface area contributed by atoms with E-state index in [1.165, 1.54) is 17.2 Å². The van der Waals surface area contributed by atoms with Gasteiger partial charge in [0.25, 0.3) is 0 Å². The number of hydrogen-bond acceptors (Lipinski definition) is 10. The van der Waals surface area contributed by atoms with Crippen LogP contribution in [-0.4, -0.2) is 63.1 Å². The van der Waals surface area contributed by atoms with E-state index in [4.69, 9.17) is 16.3 Å². The van der Waals surface area contributed by atoms with E-state index in [-0.39, 0.29) is 0 Å². The van der Waals surface area contributed by atoms with E-state index in [1.54, 1.807) is 12.1 Å². The van der Waals surface area contributed by atoms with Crippen LogP contribution in [0.2, 0.25) is 0 Å². The predicted octanol–water partition coefficient (Wildman–Crippen LogP) is -1.01. The molecule has 5 N–H and O–H groups in total. The first-order valence-electron chi connectivity index (χ1n) is 8.80. The molecule has 0 bridgehead atoms. The summed E-state index contributed by atoms with van der Waals surface area (Å²) in [6.45, 7) is -0.568. The second kappa shape index (κ2) is 8.09. The van der Waals surface area contributed by atoms with Crippen molar-refractivity contribution in [3.05, 3.63) is 42.5 Å². The second-order valence-corrected chi connectivity index (χ2v) is 7.79. The zero-order chi connectivity index (χ0) is 22.2. The molecule has 1 aliphatic rings. The minimum atomic E-state index is -4.24. The largest absolute Gasteiger partial charge is 0.387 e. The lowest BCUT2D eigenvalue weighted by atomic mass is 10.1. The van der Waals surface area contributed by atoms with Crippen LogP contribution in [0.3, 0.4) is 0 Å². The van der Waals surface area contributed by atoms with Crippen molar-refractivity contribution >= 4 is 33.0 Å². The molecule has 3 aromatic rings. The Morgan fingerprint density at radius 1 is 1.35 bits per heavy atom. The molecule has 12 nitrogen and oxygen atoms in total. The van der Waals surface area contributed by atoms with Crippen LogP contribution < -0.4 is 10.5 Å². The molecule has 1 aliphatic heterocycles. The van der Waals surface area contributed by atoms with Crippen molar-refractivity contribution in [1.29, 1.82) is 0 Å². The number of anilines is 2. The summed E-state index contributed by atoms with van der Waals surface area (Å²) >= 11 is 0. The maximum atomic E-state index is 11.0. The van der Waals surface area contributed by atoms with E-state index in [2.05, 4.69) is 42.5 Å². The Labute approximate surface area is 176 Å². The number of rotatable bonds is 6. The Hall–Kier alpha value is -3.30. The minimum Gasteiger partial charge on any atom is -0.387 e. The monoisotopic (exact) mass is 444 g/mol. The normalized spacial score (nSPS) is 23.4. The molecule has 13 heteroatoms. The summed E-state index contributed by atoms with van der Waals surface area (Å²) in [5, 5.41) is 28.5. The Kier molecular flexibility index (Phi) is 5.47. The van der Waals surface area contributed by atoms with Crippen LogP contribution in [0.25, 0.3) is 11.2 Å². The first kappa shape index (κ1) is 21.0. The quantitative estimate of drug-likeness (QED) is 0.345. The first-order chi connectivity index (χ1) is 14.8. The zero-order valence-corrected chi connectivity index (χ0v) is 16.5. The minimum absolute atomic E-state index is 0.297. The summed E-state index contributed by atoms with van der Waals surface area (Å²) in [5.41, 5.74) is 1.76. The van der Waals surface area contributed by atoms with Gasteiger partial charge >= 0.3 is 10.3 Å². The van der Waals surface area contributed by atoms with Crippen LogP contribution in [0.5, 0.6) is 0 Å². The van der Waals surface area contributed by atoms with Gasteiger partial charge in [0.2, 0.25) is 0 Å². The molecule has 4 rings (SSSR count). The molecule has 0 saturated carbocycles. The van der Waals surface area contributed by atoms with Gasteiger partial charge in [0.1, 0.15) is 24.6 Å². The number of hydrogen-bond donors (Lipinski definition) is 4. The summed E-state index contributed by atoms with van der Waals surface area (Å²) in [5.74, 6) is 2.82. The average molecular weight is 444 g/mol. The van der Waals surface area contributed by atoms with Crippen molar-refractivity contribution in [1.82, 2.24) is 19.5 Å². The molecule has 2 aromatic heterocycles. The second-order valence-electron chi connectivity index (χ2n) is 6.57. The van der Waals surface area contributed by atoms with Gasteiger partial charge in [-0.15, -0.1) is 6.42 Å². The molecule has 0 unspecified atom stereocenters. The van der Waals surface area contributed by atoms with E-state index in [0.717, 1.165) is 0 Å². The number of aliphatic hydroxyl groups excluding tert-OH is 2. The molecule has 0 aliphatic carbocycles. The van der Waals surface area contributed by atoms with E-state index < -0.39 is 41.5 Å². The summed E-state index contributed by atoms with van der Waals surface area (Å²) in [6, 6.07) is 8.88. The molecular formula is C18H16N6O6S. The van der Waals surface area contributed by atoms with Crippen molar-refractivity contribution in [2.45, 2.75) is 24.5 Å². The third-order valence-corrected chi connectivity index (χ3v) is 4.98. The third-order valence-electron chi connectivity index (χ3n) is 4.52. The van der Waals surface area contributed by atoms with Crippen molar-refractivity contribution in [3.63, 3.8) is 0 Å². The van der Waals surface area contributed by atoms with Crippen LogP contribution in [0.15, 0.2) is 24.8 Å². The molecule has 1 aromatic carbocycles. The lowest BCUT2D eigenvalue weighted by molar-refractivity contribution is -0.0467. The van der Waals surface area contributed by atoms with Gasteiger partial charge in [-0.05, 0) is 6.07 Å². The number of terminal acetylenes is 1. The first-order valence-corrected chi connectivity index (χ1v) is 10.3. The number of nitrogens with one attached hydrogen (secondary N) is 1. The van der Waals surface area contributed by atoms with Gasteiger partial charge in [-0.3, -0.25) is 8.75 Å². The van der Waals surface area contributed by atoms with Gasteiger partial charge in [0.05, 0.1) is 18.5 Å². The number of imidazole rings is 1. The third kappa shape index (κ3) is 4.28. The molecule has 31 heavy (non-hydrogen) atoms. The lowest BCUT2D eigenvalue weighted by Gasteiger charge is -2.16. The van der Waals surface area contributed by atoms with Crippen LogP contribution in [-0.2, 0) is 19.2 Å². The maximum Gasteiger partial charge on any atom is 0.333 e. The van der Waals surface area contributed by atoms with Crippen molar-refractivity contribution < 1.29 is 27.6 Å². The highest BCUT2D eigenvalue weighted by Gasteiger charge is 2.45. The van der Waals surface area contributed by atoms with Gasteiger partial charge in [-0.1, -0.05) is 18.1 Å². The molecule has 3 heterocycles. The van der Waals surface area contributed by atoms with E-state index in [0.29, 0.717) is 28.2 Å². The number of aromatic nitrogens is 4. The van der Waals surface area contributed by atoms with Gasteiger partial charge in [0.15, 0.2) is 23.2 Å². The summed E-state index contributed by atoms with van der Waals surface area (Å²) < 4.78 is 33.4. The Balaban J connectivity index is 1.61. The van der Waals surface area contributed by atoms with E-state index >= 15 is 0 Å². The number of fused-ring (bicyclic) bond motifs is 1. The Bertz CT molecular complexity index is 1260. The topological polar surface area (TPSA) is 175 Å². The Morgan fingerprint density at radius 2 is 2.16 bits per heavy atom. The highest BCUT2D eigenvalue weighted by Crippen LogP contribution is 2.33. The lowest BCUT2D eigenvalue weighted by Crippen LogP contribution is -2.35. The summed E-state index contributed by atoms with van der Waals surface area (Å²) in [4.78, 5) is 12.6. The molecule has 0 radical (unpaired) electrons. The molecular weight excluding hydrogens is 428 g/mol. The molecule has 1 saturated heterocycles. The SMILES string of the molecule is C#Cc1c#ccc(Nc2ncnc3c2ncn3[C@@H]2O[C@H](COS(N)(=O)=O)[C@@H](O)[C@H]2O)c1. The van der Waals surface area contributed by atoms with Gasteiger partial charge in [0, 0.05) is 11.8 Å². The van der Waals surface area contributed by atoms with Crippen molar-refractivity contribution in [2.24, 2.45) is 5.14 Å². The number of ether oxygens (including phenoxy) is 1. The fourth-order valence-corrected chi connectivity index (χ4v) is 3.42. The Morgan fingerprint density at radius 3 is 2.90 bits per heavy atom. The van der Waals surface area contributed by atoms with Crippen LogP contribution in [0.4, 0.5) is 11.5 Å². The fraction of sp³-hybridized carbons (Fsp3) is 0.278. The van der Waals surface area contributed by atoms with Crippen LogP contribution in [0, 0.1) is 24.5 Å². The van der Waals surface area contributed by atoms with E-state index in [1.807, 2.05) is 0 Å². The van der Waals surface area contributed by atoms with Gasteiger partial charge in [-0.2, -0.15) is 8.42 Å². The molecule has 0 amide bonds. The number of nitrogens with two attached hydrogens (primary N) is 1. The molecule has 160 valence electrons. The zero-order valence-electron chi connectivity index (χ0n) is 15.7. The van der Waals surface area contributed by atoms with Crippen LogP contribution >= 0.6 is 0 Å². The van der Waals surface area contributed by atoms with Crippen LogP contribution in [0.1, 0.15) is 11.8 Å². The molecule has 0 spiro atoms. The number of aliphatic hydroxyl groups is 2. The smallest absolute Gasteiger partial charge is 0.333 e. The highest BCUT2D eigenvalue weighted by atomic mass is 32.2. The average Bonchev–Trinajstić information content (AvgIpc) is 3.28. The van der Waals surface area contributed by atoms with Gasteiger partial charge in [-0.25, -0.2) is 20.1 Å². The summed E-state index contributed by atoms with van der Waals surface area (Å²) in [7, 11) is -4.24. The molecule has 4 atom stereocenters. The van der Waals surface area contributed by atoms with Gasteiger partial charge < -0.3 is 20.3 Å². The van der Waals surface area contributed by atoms with Crippen molar-refractivity contribution in [2.75, 3.05) is 11.9 Å². The van der Waals surface area contributed by atoms with Crippen molar-refractivity contribution in [3.8, 4) is 12.3 Å². The fourth-order valence-electron chi connectivity index (χ4n) is 3.10. The van der Waals surface area contributed by atoms with E-state index in [9.17, 15) is 18.6 Å².